The van der Waals surface area contributed by atoms with Gasteiger partial charge in [-0.05, 0) is 24.1 Å². The van der Waals surface area contributed by atoms with E-state index in [-0.39, 0.29) is 5.82 Å². The third-order valence-electron chi connectivity index (χ3n) is 1.87. The summed E-state index contributed by atoms with van der Waals surface area (Å²) in [4.78, 5) is 0. The lowest BCUT2D eigenvalue weighted by Gasteiger charge is -2.05. The van der Waals surface area contributed by atoms with Crippen LogP contribution in [0.25, 0.3) is 0 Å². The van der Waals surface area contributed by atoms with Crippen LogP contribution in [-0.2, 0) is 6.54 Å². The van der Waals surface area contributed by atoms with Crippen molar-refractivity contribution in [3.63, 3.8) is 0 Å². The molecule has 0 aliphatic heterocycles. The molecule has 0 saturated carbocycles. The van der Waals surface area contributed by atoms with Crippen molar-refractivity contribution in [2.24, 2.45) is 0 Å². The lowest BCUT2D eigenvalue weighted by molar-refractivity contribution is 0.616. The SMILES string of the molecule is C=C(Br)CNCc1ccc(F)c(C)c1. The first-order valence-corrected chi connectivity index (χ1v) is 5.18. The Morgan fingerprint density at radius 1 is 1.57 bits per heavy atom. The molecule has 0 unspecified atom stereocenters. The van der Waals surface area contributed by atoms with Gasteiger partial charge in [0, 0.05) is 17.6 Å². The summed E-state index contributed by atoms with van der Waals surface area (Å²) in [7, 11) is 0. The van der Waals surface area contributed by atoms with Crippen molar-refractivity contribution in [1.29, 1.82) is 0 Å². The molecule has 0 spiro atoms. The van der Waals surface area contributed by atoms with Crippen LogP contribution >= 0.6 is 15.9 Å². The molecule has 0 fully saturated rings. The fourth-order valence-electron chi connectivity index (χ4n) is 1.16. The molecule has 1 N–H and O–H groups in total. The minimum Gasteiger partial charge on any atom is -0.308 e. The number of aryl methyl sites for hydroxylation is 1. The Morgan fingerprint density at radius 2 is 2.29 bits per heavy atom. The van der Waals surface area contributed by atoms with Crippen LogP contribution < -0.4 is 5.32 Å². The topological polar surface area (TPSA) is 12.0 Å². The maximum absolute atomic E-state index is 12.9. The molecule has 0 radical (unpaired) electrons. The molecule has 1 rings (SSSR count). The van der Waals surface area contributed by atoms with Crippen molar-refractivity contribution in [3.8, 4) is 0 Å². The molecular weight excluding hydrogens is 245 g/mol. The fourth-order valence-corrected chi connectivity index (χ4v) is 1.36. The van der Waals surface area contributed by atoms with E-state index < -0.39 is 0 Å². The first kappa shape index (κ1) is 11.4. The normalized spacial score (nSPS) is 10.2. The third-order valence-corrected chi connectivity index (χ3v) is 2.15. The van der Waals surface area contributed by atoms with Gasteiger partial charge in [0.1, 0.15) is 5.82 Å². The van der Waals surface area contributed by atoms with Gasteiger partial charge in [0.05, 0.1) is 0 Å². The molecule has 3 heteroatoms. The second-order valence-corrected chi connectivity index (χ2v) is 4.33. The van der Waals surface area contributed by atoms with E-state index in [1.807, 2.05) is 6.07 Å². The largest absolute Gasteiger partial charge is 0.308 e. The Morgan fingerprint density at radius 3 is 2.86 bits per heavy atom. The molecule has 0 aliphatic rings. The molecule has 1 nitrogen and oxygen atoms in total. The highest BCUT2D eigenvalue weighted by Crippen LogP contribution is 2.09. The van der Waals surface area contributed by atoms with E-state index in [2.05, 4.69) is 27.8 Å². The Kier molecular flexibility index (Phi) is 4.29. The molecule has 0 heterocycles. The quantitative estimate of drug-likeness (QED) is 0.874. The Bertz CT molecular complexity index is 336. The minimum absolute atomic E-state index is 0.154. The first-order valence-electron chi connectivity index (χ1n) is 4.38. The molecule has 0 aliphatic carbocycles. The summed E-state index contributed by atoms with van der Waals surface area (Å²) in [6.45, 7) is 6.92. The van der Waals surface area contributed by atoms with Crippen LogP contribution in [0.15, 0.2) is 29.3 Å². The molecular formula is C11H13BrFN. The van der Waals surface area contributed by atoms with Gasteiger partial charge >= 0.3 is 0 Å². The lowest BCUT2D eigenvalue weighted by Crippen LogP contribution is -2.14. The van der Waals surface area contributed by atoms with Gasteiger partial charge < -0.3 is 5.32 Å². The van der Waals surface area contributed by atoms with Crippen LogP contribution in [0, 0.1) is 12.7 Å². The van der Waals surface area contributed by atoms with Crippen molar-refractivity contribution in [2.75, 3.05) is 6.54 Å². The van der Waals surface area contributed by atoms with Gasteiger partial charge in [0.2, 0.25) is 0 Å². The molecule has 0 atom stereocenters. The number of nitrogens with one attached hydrogen (secondary N) is 1. The van der Waals surface area contributed by atoms with Crippen LogP contribution in [0.2, 0.25) is 0 Å². The number of benzene rings is 1. The summed E-state index contributed by atoms with van der Waals surface area (Å²) in [5.74, 6) is -0.154. The molecule has 0 bridgehead atoms. The van der Waals surface area contributed by atoms with Crippen LogP contribution in [-0.4, -0.2) is 6.54 Å². The smallest absolute Gasteiger partial charge is 0.126 e. The molecule has 1 aromatic carbocycles. The first-order chi connectivity index (χ1) is 6.59. The number of rotatable bonds is 4. The third kappa shape index (κ3) is 3.60. The van der Waals surface area contributed by atoms with Gasteiger partial charge in [0.25, 0.3) is 0 Å². The summed E-state index contributed by atoms with van der Waals surface area (Å²) in [5, 5.41) is 3.18. The maximum Gasteiger partial charge on any atom is 0.126 e. The second kappa shape index (κ2) is 5.27. The van der Waals surface area contributed by atoms with Crippen molar-refractivity contribution < 1.29 is 4.39 Å². The summed E-state index contributed by atoms with van der Waals surface area (Å²) < 4.78 is 13.8. The molecule has 1 aromatic rings. The Hall–Kier alpha value is -0.670. The zero-order valence-corrected chi connectivity index (χ0v) is 9.70. The van der Waals surface area contributed by atoms with E-state index >= 15 is 0 Å². The van der Waals surface area contributed by atoms with Gasteiger partial charge in [0.15, 0.2) is 0 Å². The zero-order valence-electron chi connectivity index (χ0n) is 8.11. The highest BCUT2D eigenvalue weighted by Gasteiger charge is 1.98. The minimum atomic E-state index is -0.154. The van der Waals surface area contributed by atoms with Gasteiger partial charge in [-0.1, -0.05) is 34.6 Å². The zero-order chi connectivity index (χ0) is 10.6. The average Bonchev–Trinajstić information content (AvgIpc) is 2.10. The predicted molar refractivity (Wildman–Crippen MR) is 60.9 cm³/mol. The lowest BCUT2D eigenvalue weighted by atomic mass is 10.1. The van der Waals surface area contributed by atoms with Crippen LogP contribution in [0.5, 0.6) is 0 Å². The van der Waals surface area contributed by atoms with E-state index in [0.717, 1.165) is 23.1 Å². The van der Waals surface area contributed by atoms with Crippen molar-refractivity contribution in [1.82, 2.24) is 5.32 Å². The fraction of sp³-hybridized carbons (Fsp3) is 0.273. The summed E-state index contributed by atoms with van der Waals surface area (Å²) in [6.07, 6.45) is 0. The van der Waals surface area contributed by atoms with Gasteiger partial charge in [-0.25, -0.2) is 4.39 Å². The number of hydrogen-bond donors (Lipinski definition) is 1. The second-order valence-electron chi connectivity index (χ2n) is 3.20. The Balaban J connectivity index is 2.51. The average molecular weight is 258 g/mol. The van der Waals surface area contributed by atoms with E-state index in [1.54, 1.807) is 13.0 Å². The molecule has 14 heavy (non-hydrogen) atoms. The molecule has 0 amide bonds. The number of halogens is 2. The van der Waals surface area contributed by atoms with Gasteiger partial charge in [-0.2, -0.15) is 0 Å². The van der Waals surface area contributed by atoms with Crippen LogP contribution in [0.3, 0.4) is 0 Å². The molecule has 0 aromatic heterocycles. The summed E-state index contributed by atoms with van der Waals surface area (Å²) in [6, 6.07) is 5.13. The predicted octanol–water partition coefficient (Wildman–Crippen LogP) is 3.13. The molecule has 0 saturated heterocycles. The highest BCUT2D eigenvalue weighted by atomic mass is 79.9. The molecule has 76 valence electrons. The van der Waals surface area contributed by atoms with Gasteiger partial charge in [-0.3, -0.25) is 0 Å². The summed E-state index contributed by atoms with van der Waals surface area (Å²) in [5.41, 5.74) is 1.76. The highest BCUT2D eigenvalue weighted by molar-refractivity contribution is 9.11. The van der Waals surface area contributed by atoms with Crippen LogP contribution in [0.4, 0.5) is 4.39 Å². The Labute approximate surface area is 92.1 Å². The standard InChI is InChI=1S/C11H13BrFN/c1-8-5-10(3-4-11(8)13)7-14-6-9(2)12/h3-5,14H,2,6-7H2,1H3. The van der Waals surface area contributed by atoms with Crippen molar-refractivity contribution >= 4 is 15.9 Å². The maximum atomic E-state index is 12.9. The van der Waals surface area contributed by atoms with E-state index in [9.17, 15) is 4.39 Å². The van der Waals surface area contributed by atoms with E-state index in [4.69, 9.17) is 0 Å². The van der Waals surface area contributed by atoms with Crippen molar-refractivity contribution in [2.45, 2.75) is 13.5 Å². The summed E-state index contributed by atoms with van der Waals surface area (Å²) >= 11 is 3.26. The number of hydrogen-bond acceptors (Lipinski definition) is 1. The van der Waals surface area contributed by atoms with E-state index in [1.165, 1.54) is 6.07 Å². The van der Waals surface area contributed by atoms with Crippen LogP contribution in [0.1, 0.15) is 11.1 Å². The van der Waals surface area contributed by atoms with Gasteiger partial charge in [-0.15, -0.1) is 0 Å². The van der Waals surface area contributed by atoms with Crippen molar-refractivity contribution in [3.05, 3.63) is 46.2 Å². The monoisotopic (exact) mass is 257 g/mol. The van der Waals surface area contributed by atoms with E-state index in [0.29, 0.717) is 5.56 Å².